The van der Waals surface area contributed by atoms with Crippen LogP contribution in [0.2, 0.25) is 0 Å². The number of nitrogens with zero attached hydrogens (tertiary/aromatic N) is 3. The topological polar surface area (TPSA) is 150 Å². The average Bonchev–Trinajstić information content (AvgIpc) is 3.36. The third-order valence-corrected chi connectivity index (χ3v) is 4.86. The Morgan fingerprint density at radius 3 is 2.47 bits per heavy atom. The van der Waals surface area contributed by atoms with Crippen LogP contribution < -0.4 is 13.3 Å². The first-order valence-corrected chi connectivity index (χ1v) is 9.84. The maximum Gasteiger partial charge on any atom is 0.500 e. The van der Waals surface area contributed by atoms with Crippen LogP contribution in [0.25, 0.3) is 22.4 Å². The predicted molar refractivity (Wildman–Crippen MR) is 107 cm³/mol. The van der Waals surface area contributed by atoms with Gasteiger partial charge in [0.2, 0.25) is 5.95 Å². The molecular weight excluding hydrogens is 414 g/mol. The zero-order valence-electron chi connectivity index (χ0n) is 15.4. The second-order valence-electron chi connectivity index (χ2n) is 6.12. The molecule has 30 heavy (non-hydrogen) atoms. The van der Waals surface area contributed by atoms with E-state index in [1.54, 1.807) is 24.5 Å². The highest BCUT2D eigenvalue weighted by molar-refractivity contribution is 7.82. The fraction of sp³-hybridized carbons (Fsp3) is 0.0556. The minimum Gasteiger partial charge on any atom is -0.465 e. The van der Waals surface area contributed by atoms with E-state index in [2.05, 4.69) is 19.9 Å². The van der Waals surface area contributed by atoms with Crippen molar-refractivity contribution in [3.63, 3.8) is 0 Å². The molecule has 3 N–H and O–H groups in total. The summed E-state index contributed by atoms with van der Waals surface area (Å²) in [6.45, 7) is 0. The maximum atomic E-state index is 12.2. The van der Waals surface area contributed by atoms with E-state index in [4.69, 9.17) is 13.5 Å². The zero-order valence-corrected chi connectivity index (χ0v) is 16.3. The van der Waals surface area contributed by atoms with Gasteiger partial charge in [-0.15, -0.1) is 8.42 Å². The number of carbonyl (C=O) groups is 1. The summed E-state index contributed by atoms with van der Waals surface area (Å²) in [5.41, 5.74) is 1.60. The molecule has 0 fully saturated rings. The van der Waals surface area contributed by atoms with E-state index >= 15 is 0 Å². The van der Waals surface area contributed by atoms with Crippen molar-refractivity contribution in [3.05, 3.63) is 54.9 Å². The van der Waals surface area contributed by atoms with Crippen LogP contribution in [0.1, 0.15) is 0 Å². The molecule has 0 aliphatic rings. The molecule has 4 rings (SSSR count). The van der Waals surface area contributed by atoms with Gasteiger partial charge in [-0.25, -0.2) is 14.8 Å². The van der Waals surface area contributed by atoms with Crippen LogP contribution in [-0.2, 0) is 10.4 Å². The first kappa shape index (κ1) is 19.3. The van der Waals surface area contributed by atoms with E-state index < -0.39 is 16.5 Å². The van der Waals surface area contributed by atoms with E-state index in [9.17, 15) is 13.2 Å². The molecule has 0 saturated heterocycles. The first-order chi connectivity index (χ1) is 14.3. The molecule has 0 radical (unpaired) electrons. The summed E-state index contributed by atoms with van der Waals surface area (Å²) < 4.78 is 34.5. The largest absolute Gasteiger partial charge is 0.500 e. The molecule has 12 heteroatoms. The second kappa shape index (κ2) is 7.40. The summed E-state index contributed by atoms with van der Waals surface area (Å²) in [5.74, 6) is 0.771. The van der Waals surface area contributed by atoms with Crippen LogP contribution >= 0.6 is 0 Å². The van der Waals surface area contributed by atoms with Crippen molar-refractivity contribution >= 4 is 33.5 Å². The zero-order chi connectivity index (χ0) is 21.3. The van der Waals surface area contributed by atoms with Crippen LogP contribution in [0.3, 0.4) is 0 Å². The van der Waals surface area contributed by atoms with Crippen LogP contribution in [0.5, 0.6) is 11.5 Å². The average molecular weight is 429 g/mol. The van der Waals surface area contributed by atoms with Crippen LogP contribution in [0.15, 0.2) is 54.9 Å². The number of benzene rings is 2. The Kier molecular flexibility index (Phi) is 4.75. The molecular formula is C18H15N5O6S. The van der Waals surface area contributed by atoms with Crippen molar-refractivity contribution in [2.75, 3.05) is 11.9 Å². The van der Waals surface area contributed by atoms with Gasteiger partial charge in [-0.05, 0) is 36.4 Å². The Labute approximate surface area is 170 Å². The standard InChI is InChI=1S/C18H15N5O6S/c1-23(18(24)25)17-21-14-7-6-13(10-15(14)22-17)29-30(26,27)28-12-4-2-11(3-5-12)16-19-8-9-20-16/h2-10H,1H3,(H,19,20)(H,21,22)(H,24,25). The highest BCUT2D eigenvalue weighted by Gasteiger charge is 2.18. The Balaban J connectivity index is 1.50. The van der Waals surface area contributed by atoms with E-state index in [1.807, 2.05) is 0 Å². The third kappa shape index (κ3) is 4.03. The number of fused-ring (bicyclic) bond motifs is 1. The molecule has 0 atom stereocenters. The lowest BCUT2D eigenvalue weighted by Crippen LogP contribution is -2.24. The molecule has 1 amide bonds. The molecule has 2 aromatic carbocycles. The highest BCUT2D eigenvalue weighted by atomic mass is 32.3. The number of imidazole rings is 2. The van der Waals surface area contributed by atoms with Crippen molar-refractivity contribution in [1.29, 1.82) is 0 Å². The van der Waals surface area contributed by atoms with Crippen LogP contribution in [0, 0.1) is 0 Å². The number of H-pyrrole nitrogens is 2. The molecule has 2 aromatic heterocycles. The molecule has 4 aromatic rings. The summed E-state index contributed by atoms with van der Waals surface area (Å²) in [5, 5.41) is 9.02. The Morgan fingerprint density at radius 2 is 1.80 bits per heavy atom. The lowest BCUT2D eigenvalue weighted by Gasteiger charge is -2.08. The van der Waals surface area contributed by atoms with Crippen molar-refractivity contribution in [2.45, 2.75) is 0 Å². The number of hydrogen-bond acceptors (Lipinski definition) is 7. The van der Waals surface area contributed by atoms with E-state index in [1.165, 1.54) is 37.4 Å². The first-order valence-electron chi connectivity index (χ1n) is 8.51. The number of aromatic nitrogens is 4. The van der Waals surface area contributed by atoms with E-state index in [0.717, 1.165) is 10.5 Å². The Morgan fingerprint density at radius 1 is 1.10 bits per heavy atom. The monoisotopic (exact) mass is 429 g/mol. The smallest absolute Gasteiger partial charge is 0.465 e. The van der Waals surface area contributed by atoms with Crippen molar-refractivity contribution < 1.29 is 26.7 Å². The number of carboxylic acid groups (broad SMARTS) is 1. The summed E-state index contributed by atoms with van der Waals surface area (Å²) in [6.07, 6.45) is 2.09. The highest BCUT2D eigenvalue weighted by Crippen LogP contribution is 2.25. The molecule has 0 unspecified atom stereocenters. The van der Waals surface area contributed by atoms with Gasteiger partial charge in [0.05, 0.1) is 11.0 Å². The van der Waals surface area contributed by atoms with Gasteiger partial charge in [-0.2, -0.15) is 0 Å². The van der Waals surface area contributed by atoms with Crippen LogP contribution in [0.4, 0.5) is 10.7 Å². The van der Waals surface area contributed by atoms with E-state index in [0.29, 0.717) is 16.9 Å². The van der Waals surface area contributed by atoms with Gasteiger partial charge in [-0.3, -0.25) is 4.90 Å². The van der Waals surface area contributed by atoms with Crippen molar-refractivity contribution in [1.82, 2.24) is 19.9 Å². The van der Waals surface area contributed by atoms with Crippen molar-refractivity contribution in [3.8, 4) is 22.9 Å². The summed E-state index contributed by atoms with van der Waals surface area (Å²) >= 11 is 0. The molecule has 0 saturated carbocycles. The van der Waals surface area contributed by atoms with Gasteiger partial charge in [0.15, 0.2) is 0 Å². The van der Waals surface area contributed by atoms with Gasteiger partial charge < -0.3 is 23.4 Å². The maximum absolute atomic E-state index is 12.2. The Hall–Kier alpha value is -4.06. The predicted octanol–water partition coefficient (Wildman–Crippen LogP) is 2.77. The van der Waals surface area contributed by atoms with Crippen LogP contribution in [-0.4, -0.2) is 46.6 Å². The fourth-order valence-corrected chi connectivity index (χ4v) is 3.34. The lowest BCUT2D eigenvalue weighted by atomic mass is 10.2. The van der Waals surface area contributed by atoms with E-state index in [-0.39, 0.29) is 17.4 Å². The third-order valence-electron chi connectivity index (χ3n) is 4.07. The molecule has 2 heterocycles. The number of nitrogens with one attached hydrogen (secondary N) is 2. The van der Waals surface area contributed by atoms with Gasteiger partial charge in [0.1, 0.15) is 17.3 Å². The van der Waals surface area contributed by atoms with Gasteiger partial charge in [-0.1, -0.05) is 0 Å². The minimum atomic E-state index is -4.41. The van der Waals surface area contributed by atoms with Gasteiger partial charge in [0, 0.05) is 31.1 Å². The number of aromatic amines is 2. The number of rotatable bonds is 6. The molecule has 0 aliphatic carbocycles. The Bertz CT molecular complexity index is 1300. The SMILES string of the molecule is CN(C(=O)O)c1nc2ccc(OS(=O)(=O)Oc3ccc(-c4ncc[nH]4)cc3)cc2[nH]1. The lowest BCUT2D eigenvalue weighted by molar-refractivity contribution is 0.203. The van der Waals surface area contributed by atoms with Crippen molar-refractivity contribution in [2.24, 2.45) is 0 Å². The number of amides is 1. The molecule has 0 aliphatic heterocycles. The molecule has 11 nitrogen and oxygen atoms in total. The number of hydrogen-bond donors (Lipinski definition) is 3. The fourth-order valence-electron chi connectivity index (χ4n) is 2.62. The normalized spacial score (nSPS) is 11.4. The summed E-state index contributed by atoms with van der Waals surface area (Å²) in [6, 6.07) is 10.5. The molecule has 154 valence electrons. The van der Waals surface area contributed by atoms with Gasteiger partial charge >= 0.3 is 16.5 Å². The second-order valence-corrected chi connectivity index (χ2v) is 7.27. The summed E-state index contributed by atoms with van der Waals surface area (Å²) in [4.78, 5) is 25.9. The number of anilines is 1. The van der Waals surface area contributed by atoms with Gasteiger partial charge in [0.25, 0.3) is 0 Å². The quantitative estimate of drug-likeness (QED) is 0.423. The summed E-state index contributed by atoms with van der Waals surface area (Å²) in [7, 11) is -3.08. The minimum absolute atomic E-state index is 0.0251. The molecule has 0 bridgehead atoms. The molecule has 0 spiro atoms.